The summed E-state index contributed by atoms with van der Waals surface area (Å²) in [5, 5.41) is 6.23. The highest BCUT2D eigenvalue weighted by atomic mass is 35.5. The third-order valence-corrected chi connectivity index (χ3v) is 4.69. The topological polar surface area (TPSA) is 67.4 Å². The minimum absolute atomic E-state index is 0.176. The van der Waals surface area contributed by atoms with Crippen LogP contribution in [-0.4, -0.2) is 43.4 Å². The Morgan fingerprint density at radius 2 is 1.88 bits per heavy atom. The van der Waals surface area contributed by atoms with Crippen LogP contribution in [0.15, 0.2) is 29.2 Å². The molecule has 0 aliphatic heterocycles. The van der Waals surface area contributed by atoms with E-state index in [4.69, 9.17) is 16.3 Å². The van der Waals surface area contributed by atoms with E-state index in [2.05, 4.69) is 17.6 Å². The van der Waals surface area contributed by atoms with Gasteiger partial charge in [-0.15, -0.1) is 11.8 Å². The van der Waals surface area contributed by atoms with E-state index in [-0.39, 0.29) is 11.8 Å². The summed E-state index contributed by atoms with van der Waals surface area (Å²) in [5.41, 5.74) is 0. The Kier molecular flexibility index (Phi) is 11.4. The summed E-state index contributed by atoms with van der Waals surface area (Å²) in [4.78, 5) is 24.6. The summed E-state index contributed by atoms with van der Waals surface area (Å²) < 4.78 is 5.46. The van der Waals surface area contributed by atoms with Crippen LogP contribution in [0.3, 0.4) is 0 Å². The average molecular weight is 387 g/mol. The maximum atomic E-state index is 12.3. The Bertz CT molecular complexity index is 526. The number of hydrogen-bond acceptors (Lipinski definition) is 4. The zero-order valence-corrected chi connectivity index (χ0v) is 16.4. The van der Waals surface area contributed by atoms with Crippen molar-refractivity contribution in [3.8, 4) is 0 Å². The molecule has 0 saturated carbocycles. The number of benzene rings is 1. The van der Waals surface area contributed by atoms with Gasteiger partial charge in [-0.3, -0.25) is 9.59 Å². The van der Waals surface area contributed by atoms with Crippen molar-refractivity contribution in [1.82, 2.24) is 10.6 Å². The largest absolute Gasteiger partial charge is 0.381 e. The average Bonchev–Trinajstić information content (AvgIpc) is 2.58. The van der Waals surface area contributed by atoms with Crippen LogP contribution in [0.25, 0.3) is 0 Å². The first-order chi connectivity index (χ1) is 12.0. The van der Waals surface area contributed by atoms with E-state index in [0.29, 0.717) is 23.9 Å². The van der Waals surface area contributed by atoms with Gasteiger partial charge in [0.15, 0.2) is 0 Å². The summed E-state index contributed by atoms with van der Waals surface area (Å²) in [6.45, 7) is 5.45. The van der Waals surface area contributed by atoms with E-state index in [1.807, 2.05) is 12.1 Å². The second-order valence-corrected chi connectivity index (χ2v) is 7.16. The predicted molar refractivity (Wildman–Crippen MR) is 103 cm³/mol. The first-order valence-electron chi connectivity index (χ1n) is 8.54. The molecule has 0 fully saturated rings. The molecular formula is C18H27ClN2O3S. The molecule has 2 amide bonds. The van der Waals surface area contributed by atoms with Crippen LogP contribution in [0, 0.1) is 0 Å². The molecule has 0 bridgehead atoms. The molecule has 0 heterocycles. The lowest BCUT2D eigenvalue weighted by Crippen LogP contribution is -2.47. The Hall–Kier alpha value is -1.24. The molecule has 1 unspecified atom stereocenters. The number of carbonyl (C=O) groups is 2. The fraction of sp³-hybridized carbons (Fsp3) is 0.556. The molecule has 0 saturated heterocycles. The third-order valence-electron chi connectivity index (χ3n) is 3.33. The highest BCUT2D eigenvalue weighted by molar-refractivity contribution is 7.99. The molecule has 1 aromatic carbocycles. The molecule has 5 nitrogen and oxygen atoms in total. The lowest BCUT2D eigenvalue weighted by atomic mass is 10.3. The van der Waals surface area contributed by atoms with Crippen molar-refractivity contribution in [2.75, 3.05) is 25.5 Å². The SMILES string of the molecule is CCCCOCCCNC(=O)C(CSc1ccc(Cl)cc1)NC(C)=O. The minimum Gasteiger partial charge on any atom is -0.381 e. The van der Waals surface area contributed by atoms with Gasteiger partial charge >= 0.3 is 0 Å². The summed E-state index contributed by atoms with van der Waals surface area (Å²) >= 11 is 7.37. The van der Waals surface area contributed by atoms with Crippen molar-refractivity contribution in [3.05, 3.63) is 29.3 Å². The number of hydrogen-bond donors (Lipinski definition) is 2. The Labute approximate surface area is 159 Å². The highest BCUT2D eigenvalue weighted by Crippen LogP contribution is 2.21. The summed E-state index contributed by atoms with van der Waals surface area (Å²) in [6.07, 6.45) is 2.92. The minimum atomic E-state index is -0.570. The van der Waals surface area contributed by atoms with Gasteiger partial charge in [0.1, 0.15) is 6.04 Å². The van der Waals surface area contributed by atoms with E-state index in [1.54, 1.807) is 12.1 Å². The first kappa shape index (κ1) is 21.8. The lowest BCUT2D eigenvalue weighted by molar-refractivity contribution is -0.127. The van der Waals surface area contributed by atoms with Crippen molar-refractivity contribution in [3.63, 3.8) is 0 Å². The molecular weight excluding hydrogens is 360 g/mol. The number of amides is 2. The van der Waals surface area contributed by atoms with Crippen molar-refractivity contribution < 1.29 is 14.3 Å². The molecule has 0 aliphatic rings. The maximum Gasteiger partial charge on any atom is 0.243 e. The van der Waals surface area contributed by atoms with Crippen LogP contribution in [0.1, 0.15) is 33.1 Å². The Morgan fingerprint density at radius 3 is 2.52 bits per heavy atom. The number of thioether (sulfide) groups is 1. The van der Waals surface area contributed by atoms with Gasteiger partial charge in [-0.25, -0.2) is 0 Å². The quantitative estimate of drug-likeness (QED) is 0.427. The molecule has 0 aromatic heterocycles. The van der Waals surface area contributed by atoms with Crippen molar-refractivity contribution >= 4 is 35.2 Å². The van der Waals surface area contributed by atoms with E-state index in [9.17, 15) is 9.59 Å². The highest BCUT2D eigenvalue weighted by Gasteiger charge is 2.19. The summed E-state index contributed by atoms with van der Waals surface area (Å²) in [7, 11) is 0. The Balaban J connectivity index is 2.36. The van der Waals surface area contributed by atoms with Gasteiger partial charge in [-0.1, -0.05) is 24.9 Å². The van der Waals surface area contributed by atoms with E-state index < -0.39 is 6.04 Å². The van der Waals surface area contributed by atoms with Gasteiger partial charge in [0, 0.05) is 42.4 Å². The number of carbonyl (C=O) groups excluding carboxylic acids is 2. The number of rotatable bonds is 12. The van der Waals surface area contributed by atoms with E-state index in [0.717, 1.165) is 30.8 Å². The van der Waals surface area contributed by atoms with Crippen LogP contribution in [0.2, 0.25) is 5.02 Å². The predicted octanol–water partition coefficient (Wildman–Crippen LogP) is 3.26. The van der Waals surface area contributed by atoms with Gasteiger partial charge in [-0.2, -0.15) is 0 Å². The molecule has 7 heteroatoms. The van der Waals surface area contributed by atoms with Crippen LogP contribution >= 0.6 is 23.4 Å². The summed E-state index contributed by atoms with van der Waals surface area (Å²) in [5.74, 6) is 0.0602. The van der Waals surface area contributed by atoms with E-state index >= 15 is 0 Å². The fourth-order valence-electron chi connectivity index (χ4n) is 2.00. The van der Waals surface area contributed by atoms with Crippen LogP contribution in [0.5, 0.6) is 0 Å². The molecule has 0 aliphatic carbocycles. The second kappa shape index (κ2) is 13.0. The smallest absolute Gasteiger partial charge is 0.243 e. The van der Waals surface area contributed by atoms with Gasteiger partial charge in [0.25, 0.3) is 0 Å². The van der Waals surface area contributed by atoms with Gasteiger partial charge < -0.3 is 15.4 Å². The second-order valence-electron chi connectivity index (χ2n) is 5.63. The van der Waals surface area contributed by atoms with Gasteiger partial charge in [0.05, 0.1) is 0 Å². The third kappa shape index (κ3) is 10.4. The molecule has 0 spiro atoms. The van der Waals surface area contributed by atoms with Crippen molar-refractivity contribution in [1.29, 1.82) is 0 Å². The van der Waals surface area contributed by atoms with Gasteiger partial charge in [-0.05, 0) is 37.1 Å². The molecule has 1 atom stereocenters. The van der Waals surface area contributed by atoms with Gasteiger partial charge in [0.2, 0.25) is 11.8 Å². The molecule has 1 rings (SSSR count). The molecule has 1 aromatic rings. The fourth-order valence-corrected chi connectivity index (χ4v) is 3.04. The normalized spacial score (nSPS) is 11.8. The van der Waals surface area contributed by atoms with Crippen molar-refractivity contribution in [2.45, 2.75) is 44.0 Å². The molecule has 25 heavy (non-hydrogen) atoms. The van der Waals surface area contributed by atoms with E-state index in [1.165, 1.54) is 18.7 Å². The maximum absolute atomic E-state index is 12.3. The number of nitrogens with one attached hydrogen (secondary N) is 2. The van der Waals surface area contributed by atoms with Crippen LogP contribution in [-0.2, 0) is 14.3 Å². The standard InChI is InChI=1S/C18H27ClN2O3S/c1-3-4-11-24-12-5-10-20-18(23)17(21-14(2)22)13-25-16-8-6-15(19)7-9-16/h6-9,17H,3-5,10-13H2,1-2H3,(H,20,23)(H,21,22). The number of halogens is 1. The number of ether oxygens (including phenoxy) is 1. The first-order valence-corrected chi connectivity index (χ1v) is 9.90. The lowest BCUT2D eigenvalue weighted by Gasteiger charge is -2.17. The molecule has 0 radical (unpaired) electrons. The van der Waals surface area contributed by atoms with Crippen LogP contribution in [0.4, 0.5) is 0 Å². The number of unbranched alkanes of at least 4 members (excludes halogenated alkanes) is 1. The molecule has 140 valence electrons. The zero-order valence-electron chi connectivity index (χ0n) is 14.8. The zero-order chi connectivity index (χ0) is 18.5. The monoisotopic (exact) mass is 386 g/mol. The van der Waals surface area contributed by atoms with Crippen molar-refractivity contribution in [2.24, 2.45) is 0 Å². The molecule has 2 N–H and O–H groups in total. The summed E-state index contributed by atoms with van der Waals surface area (Å²) in [6, 6.07) is 6.82. The Morgan fingerprint density at radius 1 is 1.20 bits per heavy atom. The van der Waals surface area contributed by atoms with Crippen LogP contribution < -0.4 is 10.6 Å².